The largest absolute Gasteiger partial charge is 0.396 e. The lowest BCUT2D eigenvalue weighted by molar-refractivity contribution is 0.148. The number of carbonyl (C=O) groups is 1. The number of hydrogen-bond acceptors (Lipinski definition) is 3. The lowest BCUT2D eigenvalue weighted by Gasteiger charge is -2.26. The Labute approximate surface area is 141 Å². The minimum atomic E-state index is -0.223. The molecule has 0 saturated carbocycles. The van der Waals surface area contributed by atoms with Gasteiger partial charge in [0.15, 0.2) is 0 Å². The normalized spacial score (nSPS) is 17.5. The predicted octanol–water partition coefficient (Wildman–Crippen LogP) is 3.46. The van der Waals surface area contributed by atoms with Crippen molar-refractivity contribution in [2.24, 2.45) is 5.41 Å². The van der Waals surface area contributed by atoms with E-state index in [4.69, 9.17) is 0 Å². The third kappa shape index (κ3) is 5.11. The van der Waals surface area contributed by atoms with Gasteiger partial charge in [0.1, 0.15) is 5.82 Å². The summed E-state index contributed by atoms with van der Waals surface area (Å²) in [4.78, 5) is 12.7. The summed E-state index contributed by atoms with van der Waals surface area (Å²) in [6.07, 6.45) is 2.46. The number of urea groups is 1. The van der Waals surface area contributed by atoms with Crippen molar-refractivity contribution in [3.05, 3.63) is 29.6 Å². The Hall–Kier alpha value is -1.27. The zero-order valence-electron chi connectivity index (χ0n) is 13.7. The maximum atomic E-state index is 13.8. The summed E-state index contributed by atoms with van der Waals surface area (Å²) in [5, 5.41) is 15.0. The van der Waals surface area contributed by atoms with E-state index in [-0.39, 0.29) is 29.9 Å². The van der Waals surface area contributed by atoms with Crippen LogP contribution < -0.4 is 10.6 Å². The van der Waals surface area contributed by atoms with Crippen LogP contribution in [0.3, 0.4) is 0 Å². The first-order chi connectivity index (χ1) is 10.9. The van der Waals surface area contributed by atoms with Crippen LogP contribution in [-0.2, 0) is 0 Å². The van der Waals surface area contributed by atoms with Gasteiger partial charge in [-0.25, -0.2) is 9.18 Å². The van der Waals surface area contributed by atoms with Gasteiger partial charge in [-0.3, -0.25) is 0 Å². The van der Waals surface area contributed by atoms with Gasteiger partial charge in [0.05, 0.1) is 6.04 Å². The van der Waals surface area contributed by atoms with E-state index in [0.717, 1.165) is 30.6 Å². The zero-order valence-corrected chi connectivity index (χ0v) is 14.5. The molecule has 2 rings (SSSR count). The third-order valence-corrected chi connectivity index (χ3v) is 5.23. The lowest BCUT2D eigenvalue weighted by Crippen LogP contribution is -2.39. The van der Waals surface area contributed by atoms with E-state index in [0.29, 0.717) is 11.4 Å². The molecule has 0 spiro atoms. The SMILES string of the molecule is CC(C)(CO)CCCNC(=O)NC1CCSc2c(F)cccc21. The van der Waals surface area contributed by atoms with E-state index in [1.165, 1.54) is 17.8 Å². The Morgan fingerprint density at radius 1 is 1.48 bits per heavy atom. The number of nitrogens with one attached hydrogen (secondary N) is 2. The van der Waals surface area contributed by atoms with Crippen LogP contribution in [0.4, 0.5) is 9.18 Å². The van der Waals surface area contributed by atoms with Crippen molar-refractivity contribution in [1.29, 1.82) is 0 Å². The Morgan fingerprint density at radius 3 is 3.00 bits per heavy atom. The zero-order chi connectivity index (χ0) is 16.9. The fourth-order valence-electron chi connectivity index (χ4n) is 2.59. The fraction of sp³-hybridized carbons (Fsp3) is 0.588. The quantitative estimate of drug-likeness (QED) is 0.695. The van der Waals surface area contributed by atoms with Crippen LogP contribution in [0.1, 0.15) is 44.7 Å². The number of carbonyl (C=O) groups excluding carboxylic acids is 1. The standard InChI is InChI=1S/C17H25FN2O2S/c1-17(2,11-21)8-4-9-19-16(22)20-14-7-10-23-15-12(14)5-3-6-13(15)18/h3,5-6,14,21H,4,7-11H2,1-2H3,(H2,19,20,22). The molecule has 0 radical (unpaired) electrons. The molecule has 0 saturated heterocycles. The first-order valence-electron chi connectivity index (χ1n) is 7.99. The van der Waals surface area contributed by atoms with Crippen molar-refractivity contribution in [2.45, 2.75) is 44.0 Å². The van der Waals surface area contributed by atoms with Crippen LogP contribution in [0.2, 0.25) is 0 Å². The number of aliphatic hydroxyl groups excluding tert-OH is 1. The van der Waals surface area contributed by atoms with Gasteiger partial charge in [-0.05, 0) is 36.3 Å². The number of thioether (sulfide) groups is 1. The van der Waals surface area contributed by atoms with E-state index >= 15 is 0 Å². The molecule has 2 amide bonds. The molecule has 23 heavy (non-hydrogen) atoms. The summed E-state index contributed by atoms with van der Waals surface area (Å²) < 4.78 is 13.8. The van der Waals surface area contributed by atoms with E-state index in [2.05, 4.69) is 10.6 Å². The molecular formula is C17H25FN2O2S. The number of fused-ring (bicyclic) bond motifs is 1. The maximum Gasteiger partial charge on any atom is 0.315 e. The van der Waals surface area contributed by atoms with Crippen molar-refractivity contribution in [1.82, 2.24) is 10.6 Å². The van der Waals surface area contributed by atoms with Crippen molar-refractivity contribution < 1.29 is 14.3 Å². The summed E-state index contributed by atoms with van der Waals surface area (Å²) in [5.41, 5.74) is 0.743. The number of hydrogen-bond donors (Lipinski definition) is 3. The van der Waals surface area contributed by atoms with Crippen LogP contribution in [0.15, 0.2) is 23.1 Å². The van der Waals surface area contributed by atoms with Gasteiger partial charge in [0.2, 0.25) is 0 Å². The molecule has 128 valence electrons. The topological polar surface area (TPSA) is 61.4 Å². The highest BCUT2D eigenvalue weighted by Gasteiger charge is 2.24. The van der Waals surface area contributed by atoms with Crippen LogP contribution >= 0.6 is 11.8 Å². The predicted molar refractivity (Wildman–Crippen MR) is 91.1 cm³/mol. The van der Waals surface area contributed by atoms with Gasteiger partial charge in [-0.2, -0.15) is 0 Å². The van der Waals surface area contributed by atoms with Gasteiger partial charge in [0, 0.05) is 23.8 Å². The highest BCUT2D eigenvalue weighted by atomic mass is 32.2. The maximum absolute atomic E-state index is 13.8. The Morgan fingerprint density at radius 2 is 2.26 bits per heavy atom. The second-order valence-electron chi connectivity index (χ2n) is 6.67. The first-order valence-corrected chi connectivity index (χ1v) is 8.98. The summed E-state index contributed by atoms with van der Waals surface area (Å²) >= 11 is 1.50. The summed E-state index contributed by atoms with van der Waals surface area (Å²) in [7, 11) is 0. The van der Waals surface area contributed by atoms with Crippen molar-refractivity contribution in [3.63, 3.8) is 0 Å². The lowest BCUT2D eigenvalue weighted by atomic mass is 9.89. The van der Waals surface area contributed by atoms with Gasteiger partial charge in [-0.15, -0.1) is 11.8 Å². The van der Waals surface area contributed by atoms with Crippen LogP contribution in [0.5, 0.6) is 0 Å². The number of rotatable bonds is 6. The average Bonchev–Trinajstić information content (AvgIpc) is 2.53. The number of benzene rings is 1. The summed E-state index contributed by atoms with van der Waals surface area (Å²) in [6, 6.07) is 4.65. The van der Waals surface area contributed by atoms with Gasteiger partial charge < -0.3 is 15.7 Å². The third-order valence-electron chi connectivity index (χ3n) is 4.08. The molecule has 1 aromatic rings. The van der Waals surface area contributed by atoms with Crippen molar-refractivity contribution in [2.75, 3.05) is 18.9 Å². The molecular weight excluding hydrogens is 315 g/mol. The molecule has 0 aromatic heterocycles. The van der Waals surface area contributed by atoms with Crippen molar-refractivity contribution >= 4 is 17.8 Å². The number of amides is 2. The minimum absolute atomic E-state index is 0.116. The Balaban J connectivity index is 1.82. The van der Waals surface area contributed by atoms with Crippen molar-refractivity contribution in [3.8, 4) is 0 Å². The van der Waals surface area contributed by atoms with Gasteiger partial charge >= 0.3 is 6.03 Å². The fourth-order valence-corrected chi connectivity index (χ4v) is 3.73. The van der Waals surface area contributed by atoms with Gasteiger partial charge in [0.25, 0.3) is 0 Å². The molecule has 1 atom stereocenters. The first kappa shape index (κ1) is 18.1. The molecule has 4 nitrogen and oxygen atoms in total. The monoisotopic (exact) mass is 340 g/mol. The Kier molecular flexibility index (Phi) is 6.30. The molecule has 0 bridgehead atoms. The second kappa shape index (κ2) is 8.02. The molecule has 1 unspecified atom stereocenters. The molecule has 0 fully saturated rings. The van der Waals surface area contributed by atoms with Gasteiger partial charge in [-0.1, -0.05) is 26.0 Å². The molecule has 6 heteroatoms. The molecule has 1 aliphatic rings. The van der Waals surface area contributed by atoms with Crippen LogP contribution in [0.25, 0.3) is 0 Å². The Bertz CT molecular complexity index is 551. The summed E-state index contributed by atoms with van der Waals surface area (Å²) in [6.45, 7) is 4.70. The smallest absolute Gasteiger partial charge is 0.315 e. The minimum Gasteiger partial charge on any atom is -0.396 e. The number of halogens is 1. The second-order valence-corrected chi connectivity index (χ2v) is 7.78. The van der Waals surface area contributed by atoms with Crippen LogP contribution in [0, 0.1) is 11.2 Å². The van der Waals surface area contributed by atoms with E-state index in [9.17, 15) is 14.3 Å². The average molecular weight is 340 g/mol. The highest BCUT2D eigenvalue weighted by Crippen LogP contribution is 2.37. The summed E-state index contributed by atoms with van der Waals surface area (Å²) in [5.74, 6) is 0.578. The van der Waals surface area contributed by atoms with Crippen LogP contribution in [-0.4, -0.2) is 30.0 Å². The molecule has 1 aromatic carbocycles. The molecule has 3 N–H and O–H groups in total. The molecule has 1 aliphatic heterocycles. The van der Waals surface area contributed by atoms with E-state index in [1.54, 1.807) is 6.07 Å². The van der Waals surface area contributed by atoms with E-state index < -0.39 is 0 Å². The highest BCUT2D eigenvalue weighted by molar-refractivity contribution is 7.99. The van der Waals surface area contributed by atoms with E-state index in [1.807, 2.05) is 19.9 Å². The number of aliphatic hydroxyl groups is 1. The molecule has 0 aliphatic carbocycles. The molecule has 1 heterocycles.